The molecular weight excluding hydrogens is 256 g/mol. The summed E-state index contributed by atoms with van der Waals surface area (Å²) in [6.07, 6.45) is 1.71. The number of carbonyl (C=O) groups is 1. The second kappa shape index (κ2) is 6.99. The summed E-state index contributed by atoms with van der Waals surface area (Å²) in [6.45, 7) is 4.63. The van der Waals surface area contributed by atoms with Crippen molar-refractivity contribution >= 4 is 28.8 Å². The first-order chi connectivity index (χ1) is 8.04. The third-order valence-corrected chi connectivity index (χ3v) is 4.15. The van der Waals surface area contributed by atoms with E-state index in [1.807, 2.05) is 26.0 Å². The molecule has 1 rings (SSSR count). The minimum Gasteiger partial charge on any atom is -0.354 e. The van der Waals surface area contributed by atoms with Gasteiger partial charge in [0.15, 0.2) is 0 Å². The fourth-order valence-corrected chi connectivity index (χ4v) is 2.51. The number of halogens is 1. The lowest BCUT2D eigenvalue weighted by molar-refractivity contribution is -0.123. The number of hydrogen-bond acceptors (Lipinski definition) is 3. The van der Waals surface area contributed by atoms with E-state index in [4.69, 9.17) is 17.3 Å². The van der Waals surface area contributed by atoms with Crippen LogP contribution in [0.4, 0.5) is 0 Å². The van der Waals surface area contributed by atoms with Gasteiger partial charge in [0.25, 0.3) is 0 Å². The first-order valence-corrected chi connectivity index (χ1v) is 7.01. The Morgan fingerprint density at radius 1 is 1.59 bits per heavy atom. The lowest BCUT2D eigenvalue weighted by Gasteiger charge is -2.17. The van der Waals surface area contributed by atoms with Crippen LogP contribution in [0.5, 0.6) is 0 Å². The van der Waals surface area contributed by atoms with Crippen molar-refractivity contribution in [2.45, 2.75) is 32.7 Å². The van der Waals surface area contributed by atoms with Crippen LogP contribution in [0.1, 0.15) is 25.1 Å². The van der Waals surface area contributed by atoms with E-state index in [1.54, 1.807) is 11.3 Å². The van der Waals surface area contributed by atoms with Crippen LogP contribution in [0.25, 0.3) is 0 Å². The van der Waals surface area contributed by atoms with Crippen LogP contribution in [0.15, 0.2) is 12.1 Å². The summed E-state index contributed by atoms with van der Waals surface area (Å²) in [4.78, 5) is 12.9. The van der Waals surface area contributed by atoms with Crippen molar-refractivity contribution in [3.05, 3.63) is 21.3 Å². The molecule has 0 aromatic carbocycles. The molecule has 1 amide bonds. The molecule has 5 heteroatoms. The van der Waals surface area contributed by atoms with Gasteiger partial charge in [0, 0.05) is 11.4 Å². The SMILES string of the molecule is CCC(C)C(N)C(=O)NCCc1ccc(Cl)s1. The fourth-order valence-electron chi connectivity index (χ4n) is 1.43. The van der Waals surface area contributed by atoms with Crippen molar-refractivity contribution in [2.75, 3.05) is 6.54 Å². The molecule has 0 bridgehead atoms. The average molecular weight is 275 g/mol. The summed E-state index contributed by atoms with van der Waals surface area (Å²) in [6, 6.07) is 3.44. The minimum atomic E-state index is -0.410. The largest absolute Gasteiger partial charge is 0.354 e. The standard InChI is InChI=1S/C12H19ClN2OS/c1-3-8(2)11(14)12(16)15-7-6-9-4-5-10(13)17-9/h4-5,8,11H,3,6-7,14H2,1-2H3,(H,15,16). The van der Waals surface area contributed by atoms with Gasteiger partial charge < -0.3 is 11.1 Å². The van der Waals surface area contributed by atoms with E-state index in [0.29, 0.717) is 6.54 Å². The second-order valence-corrected chi connectivity index (χ2v) is 5.96. The monoisotopic (exact) mass is 274 g/mol. The Labute approximate surface area is 111 Å². The van der Waals surface area contributed by atoms with E-state index in [9.17, 15) is 4.79 Å². The normalized spacial score (nSPS) is 14.4. The smallest absolute Gasteiger partial charge is 0.237 e. The second-order valence-electron chi connectivity index (χ2n) is 4.16. The predicted molar refractivity (Wildman–Crippen MR) is 73.5 cm³/mol. The van der Waals surface area contributed by atoms with Crippen LogP contribution < -0.4 is 11.1 Å². The number of carbonyl (C=O) groups excluding carboxylic acids is 1. The van der Waals surface area contributed by atoms with Crippen LogP contribution in [0, 0.1) is 5.92 Å². The van der Waals surface area contributed by atoms with Crippen LogP contribution in [0.2, 0.25) is 4.34 Å². The molecule has 0 aliphatic heterocycles. The first kappa shape index (κ1) is 14.5. The van der Waals surface area contributed by atoms with Crippen molar-refractivity contribution < 1.29 is 4.79 Å². The summed E-state index contributed by atoms with van der Waals surface area (Å²) in [5.74, 6) is 0.146. The maximum atomic E-state index is 11.7. The highest BCUT2D eigenvalue weighted by Gasteiger charge is 2.18. The van der Waals surface area contributed by atoms with Gasteiger partial charge in [0.1, 0.15) is 0 Å². The van der Waals surface area contributed by atoms with Crippen LogP contribution in [-0.4, -0.2) is 18.5 Å². The van der Waals surface area contributed by atoms with Crippen molar-refractivity contribution in [2.24, 2.45) is 11.7 Å². The Kier molecular flexibility index (Phi) is 5.95. The van der Waals surface area contributed by atoms with Crippen molar-refractivity contribution in [3.63, 3.8) is 0 Å². The molecule has 0 aliphatic rings. The molecule has 1 heterocycles. The van der Waals surface area contributed by atoms with Gasteiger partial charge in [-0.05, 0) is 24.5 Å². The molecule has 0 saturated heterocycles. The van der Waals surface area contributed by atoms with Crippen LogP contribution in [-0.2, 0) is 11.2 Å². The topological polar surface area (TPSA) is 55.1 Å². The average Bonchev–Trinajstić information content (AvgIpc) is 2.72. The van der Waals surface area contributed by atoms with E-state index in [2.05, 4.69) is 5.32 Å². The van der Waals surface area contributed by atoms with Gasteiger partial charge in [0.2, 0.25) is 5.91 Å². The first-order valence-electron chi connectivity index (χ1n) is 5.82. The summed E-state index contributed by atoms with van der Waals surface area (Å²) < 4.78 is 0.780. The fraction of sp³-hybridized carbons (Fsp3) is 0.583. The van der Waals surface area contributed by atoms with Crippen molar-refractivity contribution in [1.82, 2.24) is 5.32 Å². The molecule has 0 fully saturated rings. The van der Waals surface area contributed by atoms with Crippen LogP contribution in [0.3, 0.4) is 0 Å². The highest BCUT2D eigenvalue weighted by Crippen LogP contribution is 2.21. The number of amides is 1. The van der Waals surface area contributed by atoms with Gasteiger partial charge in [-0.25, -0.2) is 0 Å². The van der Waals surface area contributed by atoms with Gasteiger partial charge in [0.05, 0.1) is 10.4 Å². The van der Waals surface area contributed by atoms with E-state index in [1.165, 1.54) is 4.88 Å². The lowest BCUT2D eigenvalue weighted by Crippen LogP contribution is -2.45. The maximum absolute atomic E-state index is 11.7. The maximum Gasteiger partial charge on any atom is 0.237 e. The molecular formula is C12H19ClN2OS. The molecule has 2 atom stereocenters. The molecule has 0 spiro atoms. The van der Waals surface area contributed by atoms with Crippen LogP contribution >= 0.6 is 22.9 Å². The molecule has 96 valence electrons. The Balaban J connectivity index is 2.29. The minimum absolute atomic E-state index is 0.0676. The predicted octanol–water partition coefficient (Wildman–Crippen LogP) is 2.43. The molecule has 17 heavy (non-hydrogen) atoms. The summed E-state index contributed by atoms with van der Waals surface area (Å²) in [7, 11) is 0. The van der Waals surface area contributed by atoms with E-state index >= 15 is 0 Å². The van der Waals surface area contributed by atoms with Gasteiger partial charge in [-0.2, -0.15) is 0 Å². The molecule has 3 N–H and O–H groups in total. The quantitative estimate of drug-likeness (QED) is 0.837. The molecule has 1 aromatic heterocycles. The number of hydrogen-bond donors (Lipinski definition) is 2. The van der Waals surface area contributed by atoms with E-state index in [0.717, 1.165) is 17.2 Å². The highest BCUT2D eigenvalue weighted by atomic mass is 35.5. The third-order valence-electron chi connectivity index (χ3n) is 2.86. The van der Waals surface area contributed by atoms with E-state index < -0.39 is 6.04 Å². The molecule has 0 saturated carbocycles. The molecule has 0 aliphatic carbocycles. The summed E-state index contributed by atoms with van der Waals surface area (Å²) >= 11 is 7.37. The Morgan fingerprint density at radius 3 is 2.82 bits per heavy atom. The zero-order valence-corrected chi connectivity index (χ0v) is 11.8. The number of nitrogens with two attached hydrogens (primary N) is 1. The molecule has 3 nitrogen and oxygen atoms in total. The Morgan fingerprint density at radius 2 is 2.29 bits per heavy atom. The third kappa shape index (κ3) is 4.66. The molecule has 2 unspecified atom stereocenters. The Hall–Kier alpha value is -0.580. The molecule has 1 aromatic rings. The zero-order chi connectivity index (χ0) is 12.8. The number of rotatable bonds is 6. The number of nitrogens with one attached hydrogen (secondary N) is 1. The molecule has 0 radical (unpaired) electrons. The summed E-state index contributed by atoms with van der Waals surface area (Å²) in [5, 5.41) is 2.86. The van der Waals surface area contributed by atoms with Gasteiger partial charge >= 0.3 is 0 Å². The van der Waals surface area contributed by atoms with Crippen molar-refractivity contribution in [1.29, 1.82) is 0 Å². The lowest BCUT2D eigenvalue weighted by atomic mass is 9.99. The van der Waals surface area contributed by atoms with E-state index in [-0.39, 0.29) is 11.8 Å². The van der Waals surface area contributed by atoms with Crippen molar-refractivity contribution in [3.8, 4) is 0 Å². The van der Waals surface area contributed by atoms with Gasteiger partial charge in [-0.3, -0.25) is 4.79 Å². The van der Waals surface area contributed by atoms with Gasteiger partial charge in [-0.15, -0.1) is 11.3 Å². The Bertz CT molecular complexity index is 367. The van der Waals surface area contributed by atoms with Gasteiger partial charge in [-0.1, -0.05) is 31.9 Å². The summed E-state index contributed by atoms with van der Waals surface area (Å²) in [5.41, 5.74) is 5.82. The number of thiophene rings is 1. The highest BCUT2D eigenvalue weighted by molar-refractivity contribution is 7.16. The zero-order valence-electron chi connectivity index (χ0n) is 10.2.